The predicted molar refractivity (Wildman–Crippen MR) is 58.9 cm³/mol. The molecule has 0 bridgehead atoms. The normalized spacial score (nSPS) is 10.5. The molecule has 0 saturated heterocycles. The van der Waals surface area contributed by atoms with Gasteiger partial charge in [-0.1, -0.05) is 6.92 Å². The number of aryl methyl sites for hydroxylation is 2. The van der Waals surface area contributed by atoms with Crippen LogP contribution in [0.4, 0.5) is 0 Å². The van der Waals surface area contributed by atoms with Crippen LogP contribution in [-0.4, -0.2) is 14.9 Å². The van der Waals surface area contributed by atoms with Crippen LogP contribution in [0.2, 0.25) is 0 Å². The standard InChI is InChI=1S/C11H18N2O2/c1-3-6-12-8-9-13(11(12)15)7-4-5-10(2)14/h8-9H,3-7H2,1-2H3. The van der Waals surface area contributed by atoms with Gasteiger partial charge in [0.1, 0.15) is 5.78 Å². The van der Waals surface area contributed by atoms with Crippen LogP contribution >= 0.6 is 0 Å². The van der Waals surface area contributed by atoms with Crippen molar-refractivity contribution in [3.63, 3.8) is 0 Å². The first-order valence-corrected chi connectivity index (χ1v) is 5.40. The van der Waals surface area contributed by atoms with Gasteiger partial charge in [-0.15, -0.1) is 0 Å². The number of hydrogen-bond donors (Lipinski definition) is 0. The Morgan fingerprint density at radius 3 is 2.40 bits per heavy atom. The Morgan fingerprint density at radius 1 is 1.27 bits per heavy atom. The SMILES string of the molecule is CCCn1ccn(CCCC(C)=O)c1=O. The zero-order valence-electron chi connectivity index (χ0n) is 9.40. The number of ketones is 1. The molecule has 1 rings (SSSR count). The average Bonchev–Trinajstić information content (AvgIpc) is 2.50. The Hall–Kier alpha value is -1.32. The van der Waals surface area contributed by atoms with Crippen molar-refractivity contribution in [3.8, 4) is 0 Å². The highest BCUT2D eigenvalue weighted by molar-refractivity contribution is 5.75. The molecule has 0 spiro atoms. The van der Waals surface area contributed by atoms with Gasteiger partial charge in [-0.3, -0.25) is 9.13 Å². The fourth-order valence-corrected chi connectivity index (χ4v) is 1.53. The lowest BCUT2D eigenvalue weighted by Crippen LogP contribution is -2.24. The summed E-state index contributed by atoms with van der Waals surface area (Å²) in [4.78, 5) is 22.4. The average molecular weight is 210 g/mol. The Kier molecular flexibility index (Phi) is 4.34. The van der Waals surface area contributed by atoms with Crippen LogP contribution in [0.3, 0.4) is 0 Å². The van der Waals surface area contributed by atoms with Gasteiger partial charge in [0.25, 0.3) is 0 Å². The zero-order chi connectivity index (χ0) is 11.3. The predicted octanol–water partition coefficient (Wildman–Crippen LogP) is 1.43. The smallest absolute Gasteiger partial charge is 0.300 e. The third-order valence-electron chi connectivity index (χ3n) is 2.31. The summed E-state index contributed by atoms with van der Waals surface area (Å²) in [6.07, 6.45) is 5.84. The first kappa shape index (κ1) is 11.8. The van der Waals surface area contributed by atoms with Gasteiger partial charge in [-0.25, -0.2) is 4.79 Å². The van der Waals surface area contributed by atoms with Crippen LogP contribution in [0.25, 0.3) is 0 Å². The molecular formula is C11H18N2O2. The molecule has 0 fully saturated rings. The molecule has 84 valence electrons. The molecule has 0 aliphatic heterocycles. The van der Waals surface area contributed by atoms with Gasteiger partial charge < -0.3 is 4.79 Å². The van der Waals surface area contributed by atoms with Crippen molar-refractivity contribution < 1.29 is 4.79 Å². The van der Waals surface area contributed by atoms with E-state index in [-0.39, 0.29) is 11.5 Å². The summed E-state index contributed by atoms with van der Waals surface area (Å²) in [5, 5.41) is 0. The Bertz CT molecular complexity index is 376. The van der Waals surface area contributed by atoms with E-state index in [1.54, 1.807) is 28.5 Å². The summed E-state index contributed by atoms with van der Waals surface area (Å²) in [6.45, 7) is 5.01. The molecule has 4 heteroatoms. The molecule has 4 nitrogen and oxygen atoms in total. The highest BCUT2D eigenvalue weighted by Crippen LogP contribution is 1.95. The summed E-state index contributed by atoms with van der Waals surface area (Å²) in [5.41, 5.74) is 0.0282. The van der Waals surface area contributed by atoms with Crippen molar-refractivity contribution in [3.05, 3.63) is 22.9 Å². The van der Waals surface area contributed by atoms with E-state index in [0.717, 1.165) is 19.4 Å². The molecule has 0 aliphatic carbocycles. The first-order chi connectivity index (χ1) is 7.15. The van der Waals surface area contributed by atoms with E-state index in [1.807, 2.05) is 6.92 Å². The van der Waals surface area contributed by atoms with Gasteiger partial charge in [0.15, 0.2) is 0 Å². The van der Waals surface area contributed by atoms with E-state index in [4.69, 9.17) is 0 Å². The number of rotatable bonds is 6. The molecule has 0 aliphatic rings. The summed E-state index contributed by atoms with van der Waals surface area (Å²) in [6, 6.07) is 0. The second kappa shape index (κ2) is 5.53. The molecular weight excluding hydrogens is 192 g/mol. The van der Waals surface area contributed by atoms with Crippen molar-refractivity contribution >= 4 is 5.78 Å². The molecule has 1 aromatic rings. The maximum atomic E-state index is 11.7. The molecule has 1 aromatic heterocycles. The molecule has 0 saturated carbocycles. The topological polar surface area (TPSA) is 44.0 Å². The Labute approximate surface area is 89.5 Å². The number of carbonyl (C=O) groups is 1. The molecule has 0 unspecified atom stereocenters. The third-order valence-corrected chi connectivity index (χ3v) is 2.31. The third kappa shape index (κ3) is 3.38. The minimum Gasteiger partial charge on any atom is -0.300 e. The summed E-state index contributed by atoms with van der Waals surface area (Å²) >= 11 is 0. The van der Waals surface area contributed by atoms with E-state index >= 15 is 0 Å². The number of imidazole rings is 1. The number of Topliss-reactive ketones (excluding diaryl/α,β-unsaturated/α-hetero) is 1. The van der Waals surface area contributed by atoms with Crippen molar-refractivity contribution in [2.24, 2.45) is 0 Å². The van der Waals surface area contributed by atoms with E-state index in [2.05, 4.69) is 0 Å². The quantitative estimate of drug-likeness (QED) is 0.713. The van der Waals surface area contributed by atoms with Gasteiger partial charge in [0, 0.05) is 31.9 Å². The molecule has 15 heavy (non-hydrogen) atoms. The number of hydrogen-bond acceptors (Lipinski definition) is 2. The summed E-state index contributed by atoms with van der Waals surface area (Å²) < 4.78 is 3.37. The fraction of sp³-hybridized carbons (Fsp3) is 0.636. The van der Waals surface area contributed by atoms with Crippen molar-refractivity contribution in [1.29, 1.82) is 0 Å². The first-order valence-electron chi connectivity index (χ1n) is 5.40. The van der Waals surface area contributed by atoms with Crippen LogP contribution in [0.15, 0.2) is 17.2 Å². The van der Waals surface area contributed by atoms with Crippen molar-refractivity contribution in [2.75, 3.05) is 0 Å². The van der Waals surface area contributed by atoms with Crippen molar-refractivity contribution in [1.82, 2.24) is 9.13 Å². The molecule has 0 radical (unpaired) electrons. The lowest BCUT2D eigenvalue weighted by Gasteiger charge is -2.00. The monoisotopic (exact) mass is 210 g/mol. The van der Waals surface area contributed by atoms with Gasteiger partial charge >= 0.3 is 5.69 Å². The van der Waals surface area contributed by atoms with Crippen LogP contribution in [0.1, 0.15) is 33.1 Å². The number of aromatic nitrogens is 2. The highest BCUT2D eigenvalue weighted by Gasteiger charge is 2.02. The fourth-order valence-electron chi connectivity index (χ4n) is 1.53. The lowest BCUT2D eigenvalue weighted by molar-refractivity contribution is -0.117. The maximum absolute atomic E-state index is 11.7. The minimum atomic E-state index is 0.0282. The van der Waals surface area contributed by atoms with Gasteiger partial charge in [0.2, 0.25) is 0 Å². The summed E-state index contributed by atoms with van der Waals surface area (Å²) in [5.74, 6) is 0.177. The van der Waals surface area contributed by atoms with E-state index in [1.165, 1.54) is 0 Å². The van der Waals surface area contributed by atoms with Crippen LogP contribution in [0.5, 0.6) is 0 Å². The molecule has 0 atom stereocenters. The minimum absolute atomic E-state index is 0.0282. The van der Waals surface area contributed by atoms with E-state index in [9.17, 15) is 9.59 Å². The second-order valence-electron chi connectivity index (χ2n) is 3.77. The van der Waals surface area contributed by atoms with Crippen LogP contribution in [-0.2, 0) is 17.9 Å². The van der Waals surface area contributed by atoms with E-state index in [0.29, 0.717) is 13.0 Å². The number of carbonyl (C=O) groups excluding carboxylic acids is 1. The largest absolute Gasteiger partial charge is 0.328 e. The van der Waals surface area contributed by atoms with Gasteiger partial charge in [0.05, 0.1) is 0 Å². The Balaban J connectivity index is 2.55. The molecule has 0 aromatic carbocycles. The molecule has 0 N–H and O–H groups in total. The molecule has 0 amide bonds. The summed E-state index contributed by atoms with van der Waals surface area (Å²) in [7, 11) is 0. The highest BCUT2D eigenvalue weighted by atomic mass is 16.1. The van der Waals surface area contributed by atoms with Crippen LogP contribution in [0, 0.1) is 0 Å². The zero-order valence-corrected chi connectivity index (χ0v) is 9.40. The second-order valence-corrected chi connectivity index (χ2v) is 3.77. The van der Waals surface area contributed by atoms with Crippen LogP contribution < -0.4 is 5.69 Å². The van der Waals surface area contributed by atoms with Gasteiger partial charge in [-0.2, -0.15) is 0 Å². The number of nitrogens with zero attached hydrogens (tertiary/aromatic N) is 2. The van der Waals surface area contributed by atoms with E-state index < -0.39 is 0 Å². The Morgan fingerprint density at radius 2 is 1.87 bits per heavy atom. The van der Waals surface area contributed by atoms with Gasteiger partial charge in [-0.05, 0) is 19.8 Å². The molecule has 1 heterocycles. The lowest BCUT2D eigenvalue weighted by atomic mass is 10.2. The maximum Gasteiger partial charge on any atom is 0.328 e. The van der Waals surface area contributed by atoms with Crippen molar-refractivity contribution in [2.45, 2.75) is 46.2 Å².